The van der Waals surface area contributed by atoms with E-state index in [9.17, 15) is 0 Å². The van der Waals surface area contributed by atoms with Crippen LogP contribution in [0.25, 0.3) is 0 Å². The van der Waals surface area contributed by atoms with E-state index in [0.717, 1.165) is 19.3 Å². The first kappa shape index (κ1) is 12.5. The minimum Gasteiger partial charge on any atom is -0.392 e. The number of ether oxygens (including phenoxy) is 1. The number of rotatable bonds is 8. The summed E-state index contributed by atoms with van der Waals surface area (Å²) in [6.45, 7) is 6.11. The monoisotopic (exact) mass is 210 g/mol. The van der Waals surface area contributed by atoms with E-state index in [4.69, 9.17) is 9.84 Å². The van der Waals surface area contributed by atoms with Crippen LogP contribution in [0.3, 0.4) is 0 Å². The molecule has 1 aliphatic heterocycles. The van der Waals surface area contributed by atoms with Crippen LogP contribution in [0.4, 0.5) is 0 Å². The van der Waals surface area contributed by atoms with E-state index in [1.807, 2.05) is 12.2 Å². The Morgan fingerprint density at radius 2 is 2.07 bits per heavy atom. The van der Waals surface area contributed by atoms with Crippen molar-refractivity contribution in [1.82, 2.24) is 0 Å². The van der Waals surface area contributed by atoms with Crippen LogP contribution < -0.4 is 0 Å². The standard InChI is InChI=1S/C13H22O2/c1-3-11(2)8-9-13-12(15-13)7-5-4-6-10-14/h3-4,6,11-14H,1,5,7-10H2,2H3/b6-4+. The Bertz CT molecular complexity index is 211. The van der Waals surface area contributed by atoms with Crippen molar-refractivity contribution in [2.24, 2.45) is 5.92 Å². The zero-order chi connectivity index (χ0) is 11.1. The van der Waals surface area contributed by atoms with Gasteiger partial charge in [0.1, 0.15) is 0 Å². The van der Waals surface area contributed by atoms with Crippen LogP contribution in [0.15, 0.2) is 24.8 Å². The van der Waals surface area contributed by atoms with Crippen molar-refractivity contribution in [1.29, 1.82) is 0 Å². The minimum absolute atomic E-state index is 0.145. The molecule has 0 aromatic heterocycles. The smallest absolute Gasteiger partial charge is 0.0844 e. The first-order valence-corrected chi connectivity index (χ1v) is 5.81. The molecule has 1 aliphatic rings. The van der Waals surface area contributed by atoms with Crippen molar-refractivity contribution in [3.05, 3.63) is 24.8 Å². The van der Waals surface area contributed by atoms with Crippen LogP contribution in [-0.4, -0.2) is 23.9 Å². The Kier molecular flexibility index (Phi) is 5.66. The molecule has 0 saturated carbocycles. The van der Waals surface area contributed by atoms with Gasteiger partial charge in [-0.2, -0.15) is 0 Å². The summed E-state index contributed by atoms with van der Waals surface area (Å²) in [5, 5.41) is 8.54. The van der Waals surface area contributed by atoms with Gasteiger partial charge < -0.3 is 9.84 Å². The zero-order valence-corrected chi connectivity index (χ0v) is 9.56. The topological polar surface area (TPSA) is 32.8 Å². The molecule has 1 heterocycles. The van der Waals surface area contributed by atoms with Crippen molar-refractivity contribution >= 4 is 0 Å². The number of hydrogen-bond donors (Lipinski definition) is 1. The van der Waals surface area contributed by atoms with Gasteiger partial charge in [-0.05, 0) is 31.6 Å². The summed E-state index contributed by atoms with van der Waals surface area (Å²) in [5.41, 5.74) is 0. The van der Waals surface area contributed by atoms with Crippen LogP contribution in [0.2, 0.25) is 0 Å². The van der Waals surface area contributed by atoms with E-state index in [0.29, 0.717) is 18.1 Å². The highest BCUT2D eigenvalue weighted by molar-refractivity contribution is 4.90. The molecule has 0 spiro atoms. The molecule has 1 N–H and O–H groups in total. The van der Waals surface area contributed by atoms with E-state index in [2.05, 4.69) is 13.5 Å². The predicted octanol–water partition coefficient (Wildman–Crippen LogP) is 2.68. The van der Waals surface area contributed by atoms with E-state index in [-0.39, 0.29) is 6.61 Å². The molecule has 3 unspecified atom stereocenters. The Balaban J connectivity index is 1.98. The quantitative estimate of drug-likeness (QED) is 0.493. The van der Waals surface area contributed by atoms with Crippen molar-refractivity contribution in [2.45, 2.75) is 44.8 Å². The maximum absolute atomic E-state index is 8.54. The van der Waals surface area contributed by atoms with Gasteiger partial charge in [-0.1, -0.05) is 25.2 Å². The van der Waals surface area contributed by atoms with Crippen LogP contribution in [0.1, 0.15) is 32.6 Å². The molecule has 0 amide bonds. The molecule has 0 aromatic rings. The summed E-state index contributed by atoms with van der Waals surface area (Å²) >= 11 is 0. The SMILES string of the molecule is C=CC(C)CCC1OC1CC/C=C/CO. The summed E-state index contributed by atoms with van der Waals surface area (Å²) in [6, 6.07) is 0. The molecule has 0 bridgehead atoms. The maximum Gasteiger partial charge on any atom is 0.0844 e. The van der Waals surface area contributed by atoms with Gasteiger partial charge in [0.05, 0.1) is 18.8 Å². The second-order valence-electron chi connectivity index (χ2n) is 4.23. The fraction of sp³-hybridized carbons (Fsp3) is 0.692. The molecule has 15 heavy (non-hydrogen) atoms. The Morgan fingerprint density at radius 1 is 1.33 bits per heavy atom. The molecule has 86 valence electrons. The second-order valence-corrected chi connectivity index (χ2v) is 4.23. The highest BCUT2D eigenvalue weighted by atomic mass is 16.6. The predicted molar refractivity (Wildman–Crippen MR) is 62.7 cm³/mol. The minimum atomic E-state index is 0.145. The Labute approximate surface area is 92.6 Å². The lowest BCUT2D eigenvalue weighted by Crippen LogP contribution is -1.97. The second kappa shape index (κ2) is 6.81. The van der Waals surface area contributed by atoms with Crippen molar-refractivity contribution in [2.75, 3.05) is 6.61 Å². The van der Waals surface area contributed by atoms with Gasteiger partial charge in [0.25, 0.3) is 0 Å². The molecule has 0 radical (unpaired) electrons. The summed E-state index contributed by atoms with van der Waals surface area (Å²) < 4.78 is 5.56. The summed E-state index contributed by atoms with van der Waals surface area (Å²) in [7, 11) is 0. The van der Waals surface area contributed by atoms with E-state index in [1.54, 1.807) is 6.08 Å². The van der Waals surface area contributed by atoms with E-state index < -0.39 is 0 Å². The van der Waals surface area contributed by atoms with Gasteiger partial charge >= 0.3 is 0 Å². The normalized spacial score (nSPS) is 26.8. The van der Waals surface area contributed by atoms with Gasteiger partial charge in [0.15, 0.2) is 0 Å². The fourth-order valence-electron chi connectivity index (χ4n) is 1.68. The largest absolute Gasteiger partial charge is 0.392 e. The number of aliphatic hydroxyl groups excluding tert-OH is 1. The lowest BCUT2D eigenvalue weighted by molar-refractivity contribution is 0.341. The third-order valence-corrected chi connectivity index (χ3v) is 2.89. The number of allylic oxidation sites excluding steroid dienone is 2. The molecule has 3 atom stereocenters. The van der Waals surface area contributed by atoms with Gasteiger partial charge in [-0.25, -0.2) is 0 Å². The van der Waals surface area contributed by atoms with Gasteiger partial charge in [-0.15, -0.1) is 6.58 Å². The molecule has 1 fully saturated rings. The Hall–Kier alpha value is -0.600. The van der Waals surface area contributed by atoms with Crippen molar-refractivity contribution < 1.29 is 9.84 Å². The molecule has 1 rings (SSSR count). The van der Waals surface area contributed by atoms with Gasteiger partial charge in [-0.3, -0.25) is 0 Å². The van der Waals surface area contributed by atoms with Crippen LogP contribution >= 0.6 is 0 Å². The molecule has 2 nitrogen and oxygen atoms in total. The lowest BCUT2D eigenvalue weighted by Gasteiger charge is -2.01. The van der Waals surface area contributed by atoms with Crippen LogP contribution in [0, 0.1) is 5.92 Å². The fourth-order valence-corrected chi connectivity index (χ4v) is 1.68. The highest BCUT2D eigenvalue weighted by Gasteiger charge is 2.36. The van der Waals surface area contributed by atoms with Gasteiger partial charge in [0, 0.05) is 0 Å². The molecular formula is C13H22O2. The molecular weight excluding hydrogens is 188 g/mol. The number of epoxide rings is 1. The number of aliphatic hydroxyl groups is 1. The maximum atomic E-state index is 8.54. The first-order chi connectivity index (χ1) is 7.27. The highest BCUT2D eigenvalue weighted by Crippen LogP contribution is 2.31. The van der Waals surface area contributed by atoms with Crippen molar-refractivity contribution in [3.8, 4) is 0 Å². The third kappa shape index (κ3) is 5.14. The summed E-state index contributed by atoms with van der Waals surface area (Å²) in [4.78, 5) is 0. The summed E-state index contributed by atoms with van der Waals surface area (Å²) in [5.74, 6) is 0.601. The van der Waals surface area contributed by atoms with Crippen LogP contribution in [0.5, 0.6) is 0 Å². The van der Waals surface area contributed by atoms with Crippen molar-refractivity contribution in [3.63, 3.8) is 0 Å². The van der Waals surface area contributed by atoms with Crippen LogP contribution in [-0.2, 0) is 4.74 Å². The molecule has 0 aliphatic carbocycles. The number of hydrogen-bond acceptors (Lipinski definition) is 2. The average Bonchev–Trinajstić information content (AvgIpc) is 3.00. The molecule has 1 saturated heterocycles. The lowest BCUT2D eigenvalue weighted by atomic mass is 10.0. The van der Waals surface area contributed by atoms with E-state index >= 15 is 0 Å². The molecule has 0 aromatic carbocycles. The van der Waals surface area contributed by atoms with Gasteiger partial charge in [0.2, 0.25) is 0 Å². The third-order valence-electron chi connectivity index (χ3n) is 2.89. The summed E-state index contributed by atoms with van der Waals surface area (Å²) in [6.07, 6.45) is 11.2. The molecule has 2 heteroatoms. The Morgan fingerprint density at radius 3 is 2.73 bits per heavy atom. The first-order valence-electron chi connectivity index (χ1n) is 5.81. The average molecular weight is 210 g/mol. The van der Waals surface area contributed by atoms with E-state index in [1.165, 1.54) is 6.42 Å². The zero-order valence-electron chi connectivity index (χ0n) is 9.56.